The van der Waals surface area contributed by atoms with Crippen LogP contribution in [0.5, 0.6) is 0 Å². The van der Waals surface area contributed by atoms with Gasteiger partial charge in [0.1, 0.15) is 0 Å². The van der Waals surface area contributed by atoms with Crippen molar-refractivity contribution < 1.29 is 4.74 Å². The summed E-state index contributed by atoms with van der Waals surface area (Å²) in [5.74, 6) is 0. The molecule has 50 valence electrons. The van der Waals surface area contributed by atoms with Crippen LogP contribution in [0.3, 0.4) is 0 Å². The molecule has 1 fully saturated rings. The summed E-state index contributed by atoms with van der Waals surface area (Å²) in [7, 11) is 0. The molecule has 1 atom stereocenters. The molecular formula is C8H12O. The third kappa shape index (κ3) is 0.799. The maximum Gasteiger partial charge on any atom is 0.0557 e. The van der Waals surface area contributed by atoms with E-state index in [1.54, 1.807) is 0 Å². The van der Waals surface area contributed by atoms with Crippen molar-refractivity contribution in [1.82, 2.24) is 0 Å². The zero-order chi connectivity index (χ0) is 6.16. The molecule has 0 saturated carbocycles. The van der Waals surface area contributed by atoms with Crippen molar-refractivity contribution in [2.75, 3.05) is 13.2 Å². The minimum atomic E-state index is 0.486. The van der Waals surface area contributed by atoms with Gasteiger partial charge in [-0.2, -0.15) is 0 Å². The largest absolute Gasteiger partial charge is 0.381 e. The molecule has 2 rings (SSSR count). The smallest absolute Gasteiger partial charge is 0.0557 e. The van der Waals surface area contributed by atoms with Crippen LogP contribution in [0.25, 0.3) is 0 Å². The minimum absolute atomic E-state index is 0.486. The normalized spacial score (nSPS) is 40.9. The maximum atomic E-state index is 5.33. The first kappa shape index (κ1) is 5.48. The second-order valence-corrected chi connectivity index (χ2v) is 3.11. The Balaban J connectivity index is 2.13. The third-order valence-corrected chi connectivity index (χ3v) is 2.41. The Morgan fingerprint density at radius 2 is 2.33 bits per heavy atom. The van der Waals surface area contributed by atoms with Crippen LogP contribution < -0.4 is 0 Å². The van der Waals surface area contributed by atoms with E-state index in [4.69, 9.17) is 4.74 Å². The van der Waals surface area contributed by atoms with E-state index in [1.807, 2.05) is 0 Å². The summed E-state index contributed by atoms with van der Waals surface area (Å²) in [4.78, 5) is 0. The topological polar surface area (TPSA) is 9.23 Å². The fourth-order valence-corrected chi connectivity index (χ4v) is 1.74. The molecule has 1 nitrogen and oxygen atoms in total. The number of allylic oxidation sites excluding steroid dienone is 1. The van der Waals surface area contributed by atoms with Crippen molar-refractivity contribution in [2.45, 2.75) is 19.3 Å². The lowest BCUT2D eigenvalue weighted by atomic mass is 9.87. The Bertz CT molecular complexity index is 132. The fraction of sp³-hybridized carbons (Fsp3) is 0.750. The molecule has 9 heavy (non-hydrogen) atoms. The molecule has 1 heteroatoms. The van der Waals surface area contributed by atoms with Gasteiger partial charge in [-0.15, -0.1) is 0 Å². The van der Waals surface area contributed by atoms with Gasteiger partial charge in [-0.3, -0.25) is 0 Å². The van der Waals surface area contributed by atoms with Gasteiger partial charge in [0.25, 0.3) is 0 Å². The van der Waals surface area contributed by atoms with Crippen LogP contribution in [0.15, 0.2) is 12.2 Å². The van der Waals surface area contributed by atoms with E-state index in [9.17, 15) is 0 Å². The molecule has 2 aliphatic rings. The molecule has 0 aromatic rings. The summed E-state index contributed by atoms with van der Waals surface area (Å²) in [6.07, 6.45) is 8.48. The molecule has 1 spiro atoms. The van der Waals surface area contributed by atoms with Gasteiger partial charge < -0.3 is 4.74 Å². The van der Waals surface area contributed by atoms with Gasteiger partial charge in [0.2, 0.25) is 0 Å². The van der Waals surface area contributed by atoms with Crippen LogP contribution in [0.2, 0.25) is 0 Å². The maximum absolute atomic E-state index is 5.33. The van der Waals surface area contributed by atoms with E-state index >= 15 is 0 Å². The summed E-state index contributed by atoms with van der Waals surface area (Å²) in [6.45, 7) is 1.95. The molecule has 0 aromatic carbocycles. The predicted molar refractivity (Wildman–Crippen MR) is 36.2 cm³/mol. The van der Waals surface area contributed by atoms with Gasteiger partial charge in [0.05, 0.1) is 6.61 Å². The van der Waals surface area contributed by atoms with Gasteiger partial charge in [0.15, 0.2) is 0 Å². The van der Waals surface area contributed by atoms with Crippen LogP contribution in [-0.4, -0.2) is 13.2 Å². The lowest BCUT2D eigenvalue weighted by molar-refractivity contribution is 0.169. The lowest BCUT2D eigenvalue weighted by Crippen LogP contribution is -2.13. The Labute approximate surface area is 55.7 Å². The molecule has 1 heterocycles. The van der Waals surface area contributed by atoms with Gasteiger partial charge in [-0.05, 0) is 19.3 Å². The Morgan fingerprint density at radius 1 is 1.33 bits per heavy atom. The SMILES string of the molecule is C1=CC2(CC1)CCOC2. The molecule has 1 aliphatic carbocycles. The molecule has 0 aromatic heterocycles. The molecular weight excluding hydrogens is 112 g/mol. The summed E-state index contributed by atoms with van der Waals surface area (Å²) < 4.78 is 5.33. The van der Waals surface area contributed by atoms with E-state index in [0.29, 0.717) is 5.41 Å². The van der Waals surface area contributed by atoms with Crippen molar-refractivity contribution in [2.24, 2.45) is 5.41 Å². The molecule has 1 unspecified atom stereocenters. The lowest BCUT2D eigenvalue weighted by Gasteiger charge is -2.16. The van der Waals surface area contributed by atoms with Crippen molar-refractivity contribution in [1.29, 1.82) is 0 Å². The van der Waals surface area contributed by atoms with E-state index in [-0.39, 0.29) is 0 Å². The highest BCUT2D eigenvalue weighted by molar-refractivity contribution is 5.08. The summed E-state index contributed by atoms with van der Waals surface area (Å²) in [5.41, 5.74) is 0.486. The molecule has 0 N–H and O–H groups in total. The first-order chi connectivity index (χ1) is 4.41. The van der Waals surface area contributed by atoms with Gasteiger partial charge >= 0.3 is 0 Å². The first-order valence-corrected chi connectivity index (χ1v) is 3.67. The quantitative estimate of drug-likeness (QED) is 0.447. The van der Waals surface area contributed by atoms with E-state index < -0.39 is 0 Å². The Kier molecular flexibility index (Phi) is 1.12. The first-order valence-electron chi connectivity index (χ1n) is 3.67. The number of ether oxygens (including phenoxy) is 1. The monoisotopic (exact) mass is 124 g/mol. The van der Waals surface area contributed by atoms with Crippen molar-refractivity contribution >= 4 is 0 Å². The van der Waals surface area contributed by atoms with E-state index in [1.165, 1.54) is 19.3 Å². The average molecular weight is 124 g/mol. The molecule has 0 bridgehead atoms. The number of rotatable bonds is 0. The zero-order valence-corrected chi connectivity index (χ0v) is 5.60. The van der Waals surface area contributed by atoms with Crippen LogP contribution in [0.1, 0.15) is 19.3 Å². The molecule has 1 aliphatic heterocycles. The van der Waals surface area contributed by atoms with Crippen LogP contribution in [0, 0.1) is 5.41 Å². The summed E-state index contributed by atoms with van der Waals surface area (Å²) >= 11 is 0. The molecule has 1 saturated heterocycles. The van der Waals surface area contributed by atoms with Crippen LogP contribution in [0.4, 0.5) is 0 Å². The van der Waals surface area contributed by atoms with Crippen LogP contribution in [-0.2, 0) is 4.74 Å². The Hall–Kier alpha value is -0.300. The fourth-order valence-electron chi connectivity index (χ4n) is 1.74. The van der Waals surface area contributed by atoms with Crippen molar-refractivity contribution in [3.8, 4) is 0 Å². The van der Waals surface area contributed by atoms with Gasteiger partial charge in [-0.25, -0.2) is 0 Å². The number of hydrogen-bond donors (Lipinski definition) is 0. The Morgan fingerprint density at radius 3 is 2.89 bits per heavy atom. The summed E-state index contributed by atoms with van der Waals surface area (Å²) in [6, 6.07) is 0. The number of hydrogen-bond acceptors (Lipinski definition) is 1. The minimum Gasteiger partial charge on any atom is -0.381 e. The van der Waals surface area contributed by atoms with Gasteiger partial charge in [-0.1, -0.05) is 12.2 Å². The third-order valence-electron chi connectivity index (χ3n) is 2.41. The predicted octanol–water partition coefficient (Wildman–Crippen LogP) is 1.74. The average Bonchev–Trinajstić information content (AvgIpc) is 2.45. The molecule has 0 amide bonds. The van der Waals surface area contributed by atoms with Crippen molar-refractivity contribution in [3.63, 3.8) is 0 Å². The highest BCUT2D eigenvalue weighted by Crippen LogP contribution is 2.39. The molecule has 0 radical (unpaired) electrons. The second-order valence-electron chi connectivity index (χ2n) is 3.11. The van der Waals surface area contributed by atoms with Gasteiger partial charge in [0, 0.05) is 12.0 Å². The zero-order valence-electron chi connectivity index (χ0n) is 5.60. The highest BCUT2D eigenvalue weighted by Gasteiger charge is 2.33. The highest BCUT2D eigenvalue weighted by atomic mass is 16.5. The van der Waals surface area contributed by atoms with Crippen molar-refractivity contribution in [3.05, 3.63) is 12.2 Å². The second kappa shape index (κ2) is 1.84. The van der Waals surface area contributed by atoms with Crippen LogP contribution >= 0.6 is 0 Å². The summed E-state index contributed by atoms with van der Waals surface area (Å²) in [5, 5.41) is 0. The van der Waals surface area contributed by atoms with E-state index in [2.05, 4.69) is 12.2 Å². The standard InChI is InChI=1S/C8H12O/c1-2-4-8(3-1)5-6-9-7-8/h1,3H,2,4-7H2. The van der Waals surface area contributed by atoms with E-state index in [0.717, 1.165) is 13.2 Å².